The zero-order valence-corrected chi connectivity index (χ0v) is 15.6. The molecule has 2 heterocycles. The quantitative estimate of drug-likeness (QED) is 0.764. The lowest BCUT2D eigenvalue weighted by Gasteiger charge is -2.30. The molecule has 5 nitrogen and oxygen atoms in total. The standard InChI is InChI=1S/C22H21FN2O3/c1-28-19-8-6-18(7-9-19)25-21(26)14-20(22(25)27)24-12-10-16(11-13-24)15-2-4-17(23)5-3-15/h2-10,20H,11-14H2,1H3/t20-/m0/s1. The van der Waals surface area contributed by atoms with Gasteiger partial charge in [-0.1, -0.05) is 18.2 Å². The lowest BCUT2D eigenvalue weighted by molar-refractivity contribution is -0.122. The maximum Gasteiger partial charge on any atom is 0.251 e. The van der Waals surface area contributed by atoms with Crippen LogP contribution in [0.5, 0.6) is 5.75 Å². The molecule has 2 aromatic carbocycles. The van der Waals surface area contributed by atoms with E-state index in [4.69, 9.17) is 4.74 Å². The summed E-state index contributed by atoms with van der Waals surface area (Å²) in [6.07, 6.45) is 3.00. The molecule has 0 saturated carbocycles. The van der Waals surface area contributed by atoms with Crippen LogP contribution in [-0.4, -0.2) is 43.0 Å². The van der Waals surface area contributed by atoms with Gasteiger partial charge in [-0.25, -0.2) is 9.29 Å². The Balaban J connectivity index is 1.47. The molecular formula is C22H21FN2O3. The van der Waals surface area contributed by atoms with Gasteiger partial charge in [0.1, 0.15) is 11.6 Å². The Labute approximate surface area is 163 Å². The number of ether oxygens (including phenoxy) is 1. The Morgan fingerprint density at radius 3 is 2.36 bits per heavy atom. The first-order valence-electron chi connectivity index (χ1n) is 9.26. The van der Waals surface area contributed by atoms with Crippen molar-refractivity contribution < 1.29 is 18.7 Å². The minimum Gasteiger partial charge on any atom is -0.497 e. The number of methoxy groups -OCH3 is 1. The van der Waals surface area contributed by atoms with Crippen LogP contribution in [0.25, 0.3) is 5.57 Å². The Hall–Kier alpha value is -2.99. The van der Waals surface area contributed by atoms with Crippen LogP contribution in [0, 0.1) is 5.82 Å². The molecule has 0 bridgehead atoms. The second kappa shape index (κ2) is 7.56. The molecule has 2 aliphatic heterocycles. The third kappa shape index (κ3) is 3.43. The van der Waals surface area contributed by atoms with Crippen molar-refractivity contribution in [1.82, 2.24) is 4.90 Å². The van der Waals surface area contributed by atoms with Crippen molar-refractivity contribution in [3.05, 3.63) is 66.0 Å². The van der Waals surface area contributed by atoms with Crippen molar-refractivity contribution in [3.63, 3.8) is 0 Å². The number of nitrogens with zero attached hydrogens (tertiary/aromatic N) is 2. The maximum absolute atomic E-state index is 13.1. The van der Waals surface area contributed by atoms with E-state index >= 15 is 0 Å². The van der Waals surface area contributed by atoms with E-state index in [0.717, 1.165) is 17.6 Å². The van der Waals surface area contributed by atoms with Crippen LogP contribution in [0.15, 0.2) is 54.6 Å². The molecular weight excluding hydrogens is 359 g/mol. The second-order valence-corrected chi connectivity index (χ2v) is 6.97. The van der Waals surface area contributed by atoms with Crippen LogP contribution >= 0.6 is 0 Å². The average Bonchev–Trinajstić information content (AvgIpc) is 3.03. The first kappa shape index (κ1) is 18.4. The Morgan fingerprint density at radius 1 is 1.04 bits per heavy atom. The Bertz CT molecular complexity index is 922. The van der Waals surface area contributed by atoms with E-state index in [0.29, 0.717) is 24.5 Å². The number of carbonyl (C=O) groups is 2. The predicted octanol–water partition coefficient (Wildman–Crippen LogP) is 3.26. The molecule has 144 valence electrons. The molecule has 1 fully saturated rings. The SMILES string of the molecule is COc1ccc(N2C(=O)C[C@H](N3CC=C(c4ccc(F)cc4)CC3)C2=O)cc1. The lowest BCUT2D eigenvalue weighted by atomic mass is 9.98. The number of halogens is 1. The summed E-state index contributed by atoms with van der Waals surface area (Å²) in [5, 5.41) is 0. The molecule has 2 amide bonds. The van der Waals surface area contributed by atoms with Crippen LogP contribution in [-0.2, 0) is 9.59 Å². The van der Waals surface area contributed by atoms with Gasteiger partial charge in [-0.15, -0.1) is 0 Å². The number of hydrogen-bond acceptors (Lipinski definition) is 4. The van der Waals surface area contributed by atoms with Crippen molar-refractivity contribution in [2.45, 2.75) is 18.9 Å². The van der Waals surface area contributed by atoms with E-state index < -0.39 is 6.04 Å². The maximum atomic E-state index is 13.1. The third-order valence-corrected chi connectivity index (χ3v) is 5.35. The summed E-state index contributed by atoms with van der Waals surface area (Å²) in [5.74, 6) is 0.0478. The number of hydrogen-bond donors (Lipinski definition) is 0. The molecule has 0 N–H and O–H groups in total. The number of rotatable bonds is 4. The van der Waals surface area contributed by atoms with Gasteiger partial charge in [-0.3, -0.25) is 14.5 Å². The average molecular weight is 380 g/mol. The first-order chi connectivity index (χ1) is 13.6. The number of carbonyl (C=O) groups excluding carboxylic acids is 2. The van der Waals surface area contributed by atoms with Crippen LogP contribution in [0.3, 0.4) is 0 Å². The molecule has 4 rings (SSSR count). The highest BCUT2D eigenvalue weighted by molar-refractivity contribution is 6.22. The Morgan fingerprint density at radius 2 is 1.75 bits per heavy atom. The van der Waals surface area contributed by atoms with Crippen molar-refractivity contribution >= 4 is 23.1 Å². The topological polar surface area (TPSA) is 49.9 Å². The van der Waals surface area contributed by atoms with Gasteiger partial charge in [0.2, 0.25) is 5.91 Å². The summed E-state index contributed by atoms with van der Waals surface area (Å²) < 4.78 is 18.2. The number of anilines is 1. The molecule has 0 radical (unpaired) electrons. The van der Waals surface area contributed by atoms with Gasteiger partial charge in [-0.05, 0) is 54.0 Å². The second-order valence-electron chi connectivity index (χ2n) is 6.97. The van der Waals surface area contributed by atoms with Crippen molar-refractivity contribution in [2.75, 3.05) is 25.1 Å². The van der Waals surface area contributed by atoms with Gasteiger partial charge in [0.05, 0.1) is 25.3 Å². The van der Waals surface area contributed by atoms with E-state index in [1.54, 1.807) is 43.5 Å². The number of amides is 2. The number of benzene rings is 2. The highest BCUT2D eigenvalue weighted by Crippen LogP contribution is 2.30. The third-order valence-electron chi connectivity index (χ3n) is 5.35. The molecule has 0 unspecified atom stereocenters. The highest BCUT2D eigenvalue weighted by atomic mass is 19.1. The molecule has 1 atom stereocenters. The molecule has 6 heteroatoms. The summed E-state index contributed by atoms with van der Waals surface area (Å²) in [5.41, 5.74) is 2.70. The van der Waals surface area contributed by atoms with E-state index in [1.807, 2.05) is 4.90 Å². The fourth-order valence-corrected chi connectivity index (χ4v) is 3.80. The van der Waals surface area contributed by atoms with Crippen molar-refractivity contribution in [2.24, 2.45) is 0 Å². The minimum atomic E-state index is -0.444. The number of imide groups is 1. The summed E-state index contributed by atoms with van der Waals surface area (Å²) in [6.45, 7) is 1.27. The molecule has 0 spiro atoms. The van der Waals surface area contributed by atoms with Crippen LogP contribution in [0.1, 0.15) is 18.4 Å². The van der Waals surface area contributed by atoms with E-state index in [-0.39, 0.29) is 24.1 Å². The monoisotopic (exact) mass is 380 g/mol. The van der Waals surface area contributed by atoms with Crippen molar-refractivity contribution in [3.8, 4) is 5.75 Å². The molecule has 2 aliphatic rings. The normalized spacial score (nSPS) is 20.4. The molecule has 1 saturated heterocycles. The predicted molar refractivity (Wildman–Crippen MR) is 104 cm³/mol. The van der Waals surface area contributed by atoms with Gasteiger partial charge in [0.15, 0.2) is 0 Å². The summed E-state index contributed by atoms with van der Waals surface area (Å²) in [7, 11) is 1.57. The largest absolute Gasteiger partial charge is 0.497 e. The van der Waals surface area contributed by atoms with Gasteiger partial charge < -0.3 is 4.74 Å². The molecule has 28 heavy (non-hydrogen) atoms. The minimum absolute atomic E-state index is 0.185. The zero-order valence-electron chi connectivity index (χ0n) is 15.6. The highest BCUT2D eigenvalue weighted by Gasteiger charge is 2.42. The van der Waals surface area contributed by atoms with Gasteiger partial charge in [0.25, 0.3) is 5.91 Å². The Kier molecular flexibility index (Phi) is 4.96. The lowest BCUT2D eigenvalue weighted by Crippen LogP contribution is -2.44. The van der Waals surface area contributed by atoms with E-state index in [2.05, 4.69) is 6.08 Å². The zero-order chi connectivity index (χ0) is 19.7. The molecule has 2 aromatic rings. The van der Waals surface area contributed by atoms with Crippen LogP contribution in [0.2, 0.25) is 0 Å². The fourth-order valence-electron chi connectivity index (χ4n) is 3.80. The van der Waals surface area contributed by atoms with Gasteiger partial charge >= 0.3 is 0 Å². The smallest absolute Gasteiger partial charge is 0.251 e. The van der Waals surface area contributed by atoms with Gasteiger partial charge in [0, 0.05) is 13.1 Å². The summed E-state index contributed by atoms with van der Waals surface area (Å²) >= 11 is 0. The van der Waals surface area contributed by atoms with E-state index in [9.17, 15) is 14.0 Å². The van der Waals surface area contributed by atoms with Crippen molar-refractivity contribution in [1.29, 1.82) is 0 Å². The van der Waals surface area contributed by atoms with Crippen LogP contribution < -0.4 is 9.64 Å². The van der Waals surface area contributed by atoms with Crippen LogP contribution in [0.4, 0.5) is 10.1 Å². The van der Waals surface area contributed by atoms with E-state index in [1.165, 1.54) is 17.0 Å². The van der Waals surface area contributed by atoms with Gasteiger partial charge in [-0.2, -0.15) is 0 Å². The first-order valence-corrected chi connectivity index (χ1v) is 9.26. The summed E-state index contributed by atoms with van der Waals surface area (Å²) in [6, 6.07) is 12.9. The molecule has 0 aromatic heterocycles. The molecule has 0 aliphatic carbocycles. The fraction of sp³-hybridized carbons (Fsp3) is 0.273. The summed E-state index contributed by atoms with van der Waals surface area (Å²) in [4.78, 5) is 28.7.